The fourth-order valence-electron chi connectivity index (χ4n) is 0.463. The fraction of sp³-hybridized carbons (Fsp3) is 0.571. The molecule has 12 heavy (non-hydrogen) atoms. The molecule has 5 heteroatoms. The predicted molar refractivity (Wildman–Crippen MR) is 35.1 cm³/mol. The van der Waals surface area contributed by atoms with E-state index in [0.717, 1.165) is 0 Å². The maximum atomic E-state index is 12.5. The van der Waals surface area contributed by atoms with Gasteiger partial charge in [-0.25, -0.2) is 9.18 Å². The van der Waals surface area contributed by atoms with Gasteiger partial charge in [0.25, 0.3) is 0 Å². The van der Waals surface area contributed by atoms with Gasteiger partial charge >= 0.3 is 35.5 Å². The van der Waals surface area contributed by atoms with E-state index in [9.17, 15) is 14.3 Å². The minimum atomic E-state index is -1.31. The van der Waals surface area contributed by atoms with Crippen LogP contribution in [-0.4, -0.2) is 12.6 Å². The van der Waals surface area contributed by atoms with Gasteiger partial charge in [0.1, 0.15) is 0 Å². The normalized spacial score (nSPS) is 11.2. The van der Waals surface area contributed by atoms with Gasteiger partial charge in [-0.2, -0.15) is 0 Å². The summed E-state index contributed by atoms with van der Waals surface area (Å²) in [6, 6.07) is 0. The van der Waals surface area contributed by atoms with Crippen LogP contribution in [0, 0.1) is 0 Å². The number of halogens is 1. The molecule has 0 N–H and O–H groups in total. The number of carbonyl (C=O) groups is 1. The molecule has 0 rings (SSSR count). The van der Waals surface area contributed by atoms with Gasteiger partial charge in [-0.1, -0.05) is 12.7 Å². The Morgan fingerprint density at radius 1 is 1.50 bits per heavy atom. The summed E-state index contributed by atoms with van der Waals surface area (Å²) in [5.41, 5.74) is 0. The first-order valence-corrected chi connectivity index (χ1v) is 3.36. The van der Waals surface area contributed by atoms with Crippen molar-refractivity contribution in [3.05, 3.63) is 11.6 Å². The van der Waals surface area contributed by atoms with E-state index in [4.69, 9.17) is 0 Å². The molecule has 0 aromatic heterocycles. The smallest absolute Gasteiger partial charge is 0.873 e. The van der Waals surface area contributed by atoms with E-state index in [1.54, 1.807) is 6.92 Å². The van der Waals surface area contributed by atoms with Gasteiger partial charge < -0.3 is 9.84 Å². The van der Waals surface area contributed by atoms with E-state index in [-0.39, 0.29) is 42.6 Å². The van der Waals surface area contributed by atoms with Gasteiger partial charge in [0.15, 0.2) is 5.83 Å². The zero-order chi connectivity index (χ0) is 8.85. The quantitative estimate of drug-likeness (QED) is 0.211. The number of carbonyl (C=O) groups excluding carboxylic acids is 1. The molecule has 0 aliphatic rings. The van der Waals surface area contributed by atoms with Crippen molar-refractivity contribution in [3.8, 4) is 0 Å². The Kier molecular flexibility index (Phi) is 9.14. The zero-order valence-corrected chi connectivity index (χ0v) is 9.52. The predicted octanol–water partition coefficient (Wildman–Crippen LogP) is -2.50. The topological polar surface area (TPSA) is 49.4 Å². The van der Waals surface area contributed by atoms with Crippen LogP contribution in [-0.2, 0) is 9.53 Å². The van der Waals surface area contributed by atoms with Crippen LogP contribution in [0.5, 0.6) is 0 Å². The molecule has 0 fully saturated rings. The van der Waals surface area contributed by atoms with E-state index in [1.165, 1.54) is 6.92 Å². The van der Waals surface area contributed by atoms with Crippen molar-refractivity contribution in [2.24, 2.45) is 0 Å². The monoisotopic (exact) mass is 184 g/mol. The standard InChI is InChI=1S/C7H11FO3.Na/c1-3-5(9)6(8)7(10)11-4-2;/h9H,3-4H2,1-2H3;/q;+1/p-1/b6-5+;. The summed E-state index contributed by atoms with van der Waals surface area (Å²) in [5.74, 6) is -3.29. The Hall–Kier alpha value is -0.0600. The minimum Gasteiger partial charge on any atom is -0.873 e. The van der Waals surface area contributed by atoms with Crippen LogP contribution < -0.4 is 34.7 Å². The van der Waals surface area contributed by atoms with Crippen LogP contribution in [0.4, 0.5) is 4.39 Å². The average Bonchev–Trinajstić information content (AvgIpc) is 2.02. The van der Waals surface area contributed by atoms with Gasteiger partial charge in [0, 0.05) is 0 Å². The molecule has 0 aromatic carbocycles. The maximum Gasteiger partial charge on any atom is 1.00 e. The Morgan fingerprint density at radius 2 is 2.00 bits per heavy atom. The van der Waals surface area contributed by atoms with Gasteiger partial charge in [-0.15, -0.1) is 0 Å². The molecule has 0 amide bonds. The summed E-state index contributed by atoms with van der Waals surface area (Å²) in [6.45, 7) is 3.09. The largest absolute Gasteiger partial charge is 1.00 e. The third-order valence-corrected chi connectivity index (χ3v) is 1.02. The third kappa shape index (κ3) is 4.74. The Morgan fingerprint density at radius 3 is 2.33 bits per heavy atom. The maximum absolute atomic E-state index is 12.5. The molecule has 3 nitrogen and oxygen atoms in total. The summed E-state index contributed by atoms with van der Waals surface area (Å²) >= 11 is 0. The summed E-state index contributed by atoms with van der Waals surface area (Å²) in [4.78, 5) is 10.5. The molecule has 0 saturated heterocycles. The van der Waals surface area contributed by atoms with Gasteiger partial charge in [0.05, 0.1) is 6.61 Å². The van der Waals surface area contributed by atoms with Crippen molar-refractivity contribution in [2.75, 3.05) is 6.61 Å². The molecular formula is C7H10FNaO3. The van der Waals surface area contributed by atoms with Crippen molar-refractivity contribution in [2.45, 2.75) is 20.3 Å². The van der Waals surface area contributed by atoms with E-state index < -0.39 is 17.6 Å². The number of hydrogen-bond acceptors (Lipinski definition) is 3. The molecule has 0 aromatic rings. The third-order valence-electron chi connectivity index (χ3n) is 1.02. The van der Waals surface area contributed by atoms with Gasteiger partial charge in [0.2, 0.25) is 0 Å². The SMILES string of the molecule is CCOC(=O)/C(F)=C(\[O-])CC.[Na+]. The van der Waals surface area contributed by atoms with Crippen LogP contribution in [0.2, 0.25) is 0 Å². The molecular weight excluding hydrogens is 174 g/mol. The number of rotatable bonds is 3. The second-order valence-corrected chi connectivity index (χ2v) is 1.81. The van der Waals surface area contributed by atoms with Gasteiger partial charge in [-0.05, 0) is 13.3 Å². The molecule has 0 spiro atoms. The number of hydrogen-bond donors (Lipinski definition) is 0. The van der Waals surface area contributed by atoms with E-state index in [0.29, 0.717) is 0 Å². The molecule has 0 saturated carbocycles. The zero-order valence-electron chi connectivity index (χ0n) is 7.52. The molecule has 0 aliphatic carbocycles. The van der Waals surface area contributed by atoms with Crippen molar-refractivity contribution in [3.63, 3.8) is 0 Å². The van der Waals surface area contributed by atoms with Crippen LogP contribution in [0.15, 0.2) is 11.6 Å². The van der Waals surface area contributed by atoms with E-state index in [2.05, 4.69) is 4.74 Å². The van der Waals surface area contributed by atoms with E-state index >= 15 is 0 Å². The summed E-state index contributed by atoms with van der Waals surface area (Å²) < 4.78 is 16.7. The molecule has 0 atom stereocenters. The first-order valence-electron chi connectivity index (χ1n) is 3.36. The van der Waals surface area contributed by atoms with Crippen LogP contribution in [0.1, 0.15) is 20.3 Å². The van der Waals surface area contributed by atoms with Crippen LogP contribution >= 0.6 is 0 Å². The molecule has 0 heterocycles. The molecule has 0 bridgehead atoms. The van der Waals surface area contributed by atoms with Crippen LogP contribution in [0.3, 0.4) is 0 Å². The molecule has 64 valence electrons. The Labute approximate surface area is 92.9 Å². The first-order chi connectivity index (χ1) is 5.13. The molecule has 0 radical (unpaired) electrons. The average molecular weight is 184 g/mol. The van der Waals surface area contributed by atoms with E-state index in [1.807, 2.05) is 0 Å². The minimum absolute atomic E-state index is 0. The van der Waals surface area contributed by atoms with Crippen molar-refractivity contribution < 1.29 is 48.6 Å². The number of allylic oxidation sites excluding steroid dienone is 1. The van der Waals surface area contributed by atoms with Crippen molar-refractivity contribution in [1.82, 2.24) is 0 Å². The van der Waals surface area contributed by atoms with Crippen molar-refractivity contribution in [1.29, 1.82) is 0 Å². The molecule has 0 unspecified atom stereocenters. The second-order valence-electron chi connectivity index (χ2n) is 1.81. The Balaban J connectivity index is 0. The number of ether oxygens (including phenoxy) is 1. The Bertz CT molecular complexity index is 179. The first kappa shape index (κ1) is 14.5. The number of esters is 1. The molecule has 0 aliphatic heterocycles. The van der Waals surface area contributed by atoms with Crippen molar-refractivity contribution >= 4 is 5.97 Å². The summed E-state index contributed by atoms with van der Waals surface area (Å²) in [7, 11) is 0. The summed E-state index contributed by atoms with van der Waals surface area (Å²) in [6.07, 6.45) is -0.0232. The van der Waals surface area contributed by atoms with Gasteiger partial charge in [-0.3, -0.25) is 0 Å². The van der Waals surface area contributed by atoms with Crippen LogP contribution in [0.25, 0.3) is 0 Å². The second kappa shape index (κ2) is 7.58. The summed E-state index contributed by atoms with van der Waals surface area (Å²) in [5, 5.41) is 10.5. The fourth-order valence-corrected chi connectivity index (χ4v) is 0.463.